The van der Waals surface area contributed by atoms with Gasteiger partial charge >= 0.3 is 0 Å². The van der Waals surface area contributed by atoms with Crippen LogP contribution in [0.3, 0.4) is 0 Å². The Morgan fingerprint density at radius 2 is 1.95 bits per heavy atom. The van der Waals surface area contributed by atoms with E-state index in [9.17, 15) is 8.78 Å². The molecular weight excluding hydrogens is 262 g/mol. The quantitative estimate of drug-likeness (QED) is 0.486. The van der Waals surface area contributed by atoms with Crippen molar-refractivity contribution in [1.29, 1.82) is 0 Å². The second-order valence-electron chi connectivity index (χ2n) is 4.07. The summed E-state index contributed by atoms with van der Waals surface area (Å²) in [6.45, 7) is 0. The molecule has 0 atom stereocenters. The van der Waals surface area contributed by atoms with Crippen molar-refractivity contribution < 1.29 is 8.78 Å². The number of hydrogen-bond acceptors (Lipinski definition) is 3. The lowest BCUT2D eigenvalue weighted by Crippen LogP contribution is -1.97. The van der Waals surface area contributed by atoms with Crippen LogP contribution < -0.4 is 5.73 Å². The second kappa shape index (κ2) is 4.63. The predicted molar refractivity (Wildman–Crippen MR) is 70.6 cm³/mol. The number of hydrogen-bond donors (Lipinski definition) is 2. The van der Waals surface area contributed by atoms with Crippen LogP contribution in [0, 0.1) is 23.5 Å². The number of nitrogen functional groups attached to an aromatic ring is 1. The monoisotopic (exact) mass is 270 g/mol. The number of pyridine rings is 1. The molecule has 0 amide bonds. The zero-order valence-corrected chi connectivity index (χ0v) is 10.1. The van der Waals surface area contributed by atoms with Crippen LogP contribution in [0.25, 0.3) is 11.0 Å². The minimum Gasteiger partial charge on any atom is -0.396 e. The SMILES string of the molecule is Nc1ccc(F)c(C#Cc2ccc3[nH]ncc3n2)c1F. The third-order valence-corrected chi connectivity index (χ3v) is 2.73. The highest BCUT2D eigenvalue weighted by molar-refractivity contribution is 5.73. The molecule has 0 spiro atoms. The Morgan fingerprint density at radius 1 is 1.10 bits per heavy atom. The number of rotatable bonds is 0. The molecule has 0 fully saturated rings. The van der Waals surface area contributed by atoms with Crippen molar-refractivity contribution in [3.05, 3.63) is 53.4 Å². The Kier molecular flexibility index (Phi) is 2.80. The van der Waals surface area contributed by atoms with Gasteiger partial charge < -0.3 is 5.73 Å². The highest BCUT2D eigenvalue weighted by atomic mass is 19.1. The standard InChI is InChI=1S/C14H8F2N4/c15-10-4-5-11(17)14(16)9(10)3-1-8-2-6-12-13(19-8)7-18-20-12/h2,4-7H,17H2,(H,18,20). The molecular formula is C14H8F2N4. The van der Waals surface area contributed by atoms with Crippen molar-refractivity contribution in [2.45, 2.75) is 0 Å². The van der Waals surface area contributed by atoms with E-state index < -0.39 is 11.6 Å². The average Bonchev–Trinajstić information content (AvgIpc) is 2.90. The molecule has 0 aliphatic rings. The van der Waals surface area contributed by atoms with E-state index >= 15 is 0 Å². The molecule has 0 saturated heterocycles. The lowest BCUT2D eigenvalue weighted by molar-refractivity contribution is 0.580. The van der Waals surface area contributed by atoms with Gasteiger partial charge in [0.25, 0.3) is 0 Å². The zero-order chi connectivity index (χ0) is 14.1. The number of aromatic nitrogens is 3. The van der Waals surface area contributed by atoms with Crippen LogP contribution in [0.15, 0.2) is 30.5 Å². The van der Waals surface area contributed by atoms with Crippen molar-refractivity contribution in [2.24, 2.45) is 0 Å². The Balaban J connectivity index is 2.05. The van der Waals surface area contributed by atoms with E-state index in [1.165, 1.54) is 0 Å². The Bertz CT molecular complexity index is 858. The van der Waals surface area contributed by atoms with E-state index in [-0.39, 0.29) is 11.3 Å². The fourth-order valence-electron chi connectivity index (χ4n) is 1.71. The van der Waals surface area contributed by atoms with Gasteiger partial charge in [0.1, 0.15) is 17.0 Å². The summed E-state index contributed by atoms with van der Waals surface area (Å²) in [6.07, 6.45) is 1.54. The van der Waals surface area contributed by atoms with Gasteiger partial charge in [-0.3, -0.25) is 5.10 Å². The summed E-state index contributed by atoms with van der Waals surface area (Å²) in [5, 5.41) is 6.58. The van der Waals surface area contributed by atoms with Crippen LogP contribution in [0.4, 0.5) is 14.5 Å². The van der Waals surface area contributed by atoms with E-state index in [1.807, 2.05) is 0 Å². The molecule has 0 aliphatic carbocycles. The van der Waals surface area contributed by atoms with Crippen LogP contribution in [0.1, 0.15) is 11.3 Å². The highest BCUT2D eigenvalue weighted by Crippen LogP contribution is 2.17. The summed E-state index contributed by atoms with van der Waals surface area (Å²) in [6, 6.07) is 5.61. The Hall–Kier alpha value is -2.94. The first-order chi connectivity index (χ1) is 9.65. The first-order valence-corrected chi connectivity index (χ1v) is 5.71. The number of nitrogens with two attached hydrogens (primary N) is 1. The van der Waals surface area contributed by atoms with Crippen molar-refractivity contribution in [3.63, 3.8) is 0 Å². The summed E-state index contributed by atoms with van der Waals surface area (Å²) in [5.41, 5.74) is 6.65. The topological polar surface area (TPSA) is 67.6 Å². The maximum Gasteiger partial charge on any atom is 0.164 e. The molecule has 3 rings (SSSR count). The second-order valence-corrected chi connectivity index (χ2v) is 4.07. The number of aromatic amines is 1. The number of anilines is 1. The van der Waals surface area contributed by atoms with Gasteiger partial charge in [-0.05, 0) is 30.2 Å². The largest absolute Gasteiger partial charge is 0.396 e. The molecule has 0 aliphatic heterocycles. The van der Waals surface area contributed by atoms with Crippen LogP contribution in [0.5, 0.6) is 0 Å². The van der Waals surface area contributed by atoms with Gasteiger partial charge in [-0.15, -0.1) is 0 Å². The third-order valence-electron chi connectivity index (χ3n) is 2.73. The van der Waals surface area contributed by atoms with Gasteiger partial charge in [-0.25, -0.2) is 13.8 Å². The third kappa shape index (κ3) is 2.06. The molecule has 2 aromatic heterocycles. The van der Waals surface area contributed by atoms with Crippen LogP contribution >= 0.6 is 0 Å². The summed E-state index contributed by atoms with van der Waals surface area (Å²) in [7, 11) is 0. The molecule has 0 unspecified atom stereocenters. The molecule has 2 heterocycles. The van der Waals surface area contributed by atoms with E-state index in [2.05, 4.69) is 27.0 Å². The van der Waals surface area contributed by atoms with Crippen molar-refractivity contribution in [3.8, 4) is 11.8 Å². The smallest absolute Gasteiger partial charge is 0.164 e. The van der Waals surface area contributed by atoms with Crippen LogP contribution in [-0.2, 0) is 0 Å². The molecule has 0 radical (unpaired) electrons. The Morgan fingerprint density at radius 3 is 2.80 bits per heavy atom. The van der Waals surface area contributed by atoms with Gasteiger partial charge in [0.05, 0.1) is 23.0 Å². The van der Waals surface area contributed by atoms with Gasteiger partial charge in [-0.2, -0.15) is 5.10 Å². The van der Waals surface area contributed by atoms with E-state index in [1.54, 1.807) is 18.3 Å². The number of benzene rings is 1. The molecule has 6 heteroatoms. The van der Waals surface area contributed by atoms with Gasteiger partial charge in [0.15, 0.2) is 5.82 Å². The number of halogens is 2. The van der Waals surface area contributed by atoms with Crippen LogP contribution in [0.2, 0.25) is 0 Å². The molecule has 1 aromatic carbocycles. The number of nitrogens with zero attached hydrogens (tertiary/aromatic N) is 2. The number of nitrogens with one attached hydrogen (secondary N) is 1. The normalized spacial score (nSPS) is 10.3. The molecule has 4 nitrogen and oxygen atoms in total. The molecule has 20 heavy (non-hydrogen) atoms. The van der Waals surface area contributed by atoms with E-state index in [4.69, 9.17) is 5.73 Å². The maximum atomic E-state index is 13.7. The maximum absolute atomic E-state index is 13.7. The molecule has 3 aromatic rings. The zero-order valence-electron chi connectivity index (χ0n) is 10.1. The molecule has 0 bridgehead atoms. The van der Waals surface area contributed by atoms with E-state index in [0.717, 1.165) is 17.6 Å². The fraction of sp³-hybridized carbons (Fsp3) is 0. The van der Waals surface area contributed by atoms with Crippen LogP contribution in [-0.4, -0.2) is 15.2 Å². The average molecular weight is 270 g/mol. The Labute approximate surface area is 112 Å². The number of fused-ring (bicyclic) bond motifs is 1. The minimum atomic E-state index is -0.859. The van der Waals surface area contributed by atoms with Gasteiger partial charge in [0, 0.05) is 0 Å². The molecule has 3 N–H and O–H groups in total. The lowest BCUT2D eigenvalue weighted by atomic mass is 10.1. The molecule has 98 valence electrons. The number of H-pyrrole nitrogens is 1. The first kappa shape index (κ1) is 12.1. The lowest BCUT2D eigenvalue weighted by Gasteiger charge is -1.99. The summed E-state index contributed by atoms with van der Waals surface area (Å²) < 4.78 is 27.2. The van der Waals surface area contributed by atoms with Crippen molar-refractivity contribution in [2.75, 3.05) is 5.73 Å². The minimum absolute atomic E-state index is 0.144. The first-order valence-electron chi connectivity index (χ1n) is 5.71. The van der Waals surface area contributed by atoms with Crippen molar-refractivity contribution >= 4 is 16.7 Å². The fourth-order valence-corrected chi connectivity index (χ4v) is 1.71. The molecule has 0 saturated carbocycles. The summed E-state index contributed by atoms with van der Waals surface area (Å²) in [4.78, 5) is 4.19. The predicted octanol–water partition coefficient (Wildman–Crippen LogP) is 2.22. The van der Waals surface area contributed by atoms with Gasteiger partial charge in [-0.1, -0.05) is 5.92 Å². The summed E-state index contributed by atoms with van der Waals surface area (Å²) in [5.74, 6) is 3.42. The van der Waals surface area contributed by atoms with Crippen molar-refractivity contribution in [1.82, 2.24) is 15.2 Å². The van der Waals surface area contributed by atoms with E-state index in [0.29, 0.717) is 11.2 Å². The highest BCUT2D eigenvalue weighted by Gasteiger charge is 2.09. The van der Waals surface area contributed by atoms with Gasteiger partial charge in [0.2, 0.25) is 0 Å². The summed E-state index contributed by atoms with van der Waals surface area (Å²) >= 11 is 0.